The van der Waals surface area contributed by atoms with Gasteiger partial charge in [-0.3, -0.25) is 0 Å². The number of aryl methyl sites for hydroxylation is 2. The van der Waals surface area contributed by atoms with Gasteiger partial charge >= 0.3 is 0 Å². The highest BCUT2D eigenvalue weighted by molar-refractivity contribution is 7.91. The molecule has 0 fully saturated rings. The van der Waals surface area contributed by atoms with Gasteiger partial charge in [-0.15, -0.1) is 0 Å². The van der Waals surface area contributed by atoms with E-state index < -0.39 is 9.84 Å². The molecule has 1 aliphatic heterocycles. The Kier molecular flexibility index (Phi) is 1.91. The van der Waals surface area contributed by atoms with Gasteiger partial charge in [-0.2, -0.15) is 0 Å². The molecule has 1 aromatic heterocycles. The van der Waals surface area contributed by atoms with Crippen molar-refractivity contribution in [3.63, 3.8) is 0 Å². The molecule has 1 aliphatic rings. The van der Waals surface area contributed by atoms with E-state index >= 15 is 0 Å². The Balaban J connectivity index is 2.38. The van der Waals surface area contributed by atoms with Gasteiger partial charge in [-0.25, -0.2) is 13.4 Å². The molecule has 0 aromatic carbocycles. The van der Waals surface area contributed by atoms with Gasteiger partial charge in [-0.05, 0) is 6.92 Å². The lowest BCUT2D eigenvalue weighted by molar-refractivity contribution is 0.593. The van der Waals surface area contributed by atoms with Crippen LogP contribution in [0, 0.1) is 6.92 Å². The van der Waals surface area contributed by atoms with Crippen molar-refractivity contribution in [2.45, 2.75) is 19.9 Å². The Morgan fingerprint density at radius 2 is 2.23 bits per heavy atom. The first-order valence-electron chi connectivity index (χ1n) is 4.29. The van der Waals surface area contributed by atoms with E-state index in [0.717, 1.165) is 11.4 Å². The second-order valence-corrected chi connectivity index (χ2v) is 5.68. The summed E-state index contributed by atoms with van der Waals surface area (Å²) >= 11 is 0. The van der Waals surface area contributed by atoms with Crippen LogP contribution in [-0.4, -0.2) is 29.5 Å². The highest BCUT2D eigenvalue weighted by atomic mass is 32.2. The van der Waals surface area contributed by atoms with E-state index in [1.807, 2.05) is 11.5 Å². The molecule has 0 saturated heterocycles. The highest BCUT2D eigenvalue weighted by Gasteiger charge is 2.19. The molecule has 0 radical (unpaired) electrons. The predicted octanol–water partition coefficient (Wildman–Crippen LogP) is 0.162. The van der Waals surface area contributed by atoms with Crippen LogP contribution in [0.1, 0.15) is 11.4 Å². The lowest BCUT2D eigenvalue weighted by Crippen LogP contribution is -2.11. The fraction of sp³-hybridized carbons (Fsp3) is 0.625. The zero-order valence-corrected chi connectivity index (χ0v) is 8.34. The molecular formula is C8H12N2O2S. The number of fused-ring (bicyclic) bond motifs is 1. The van der Waals surface area contributed by atoms with Crippen molar-refractivity contribution >= 4 is 9.84 Å². The van der Waals surface area contributed by atoms with E-state index in [0.29, 0.717) is 13.0 Å². The van der Waals surface area contributed by atoms with Crippen LogP contribution < -0.4 is 0 Å². The van der Waals surface area contributed by atoms with Crippen molar-refractivity contribution in [3.05, 3.63) is 17.7 Å². The van der Waals surface area contributed by atoms with E-state index in [1.165, 1.54) is 0 Å². The van der Waals surface area contributed by atoms with Crippen LogP contribution in [0.2, 0.25) is 0 Å². The minimum absolute atomic E-state index is 0.246. The largest absolute Gasteiger partial charge is 0.333 e. The standard InChI is InChI=1S/C8H12N2O2S/c1-7-8-2-4-13(11,12)5-3-10(8)6-9-7/h6H,2-5H2,1H3. The number of sulfone groups is 1. The number of imidazole rings is 1. The Morgan fingerprint density at radius 1 is 1.46 bits per heavy atom. The number of nitrogens with zero attached hydrogens (tertiary/aromatic N) is 2. The maximum absolute atomic E-state index is 11.3. The molecule has 72 valence electrons. The highest BCUT2D eigenvalue weighted by Crippen LogP contribution is 2.13. The number of hydrogen-bond donors (Lipinski definition) is 0. The van der Waals surface area contributed by atoms with Crippen LogP contribution in [0.3, 0.4) is 0 Å². The van der Waals surface area contributed by atoms with Gasteiger partial charge in [-0.1, -0.05) is 0 Å². The van der Waals surface area contributed by atoms with Crippen molar-refractivity contribution in [2.75, 3.05) is 11.5 Å². The molecular weight excluding hydrogens is 188 g/mol. The zero-order chi connectivity index (χ0) is 9.47. The minimum Gasteiger partial charge on any atom is -0.333 e. The minimum atomic E-state index is -2.82. The van der Waals surface area contributed by atoms with Crippen LogP contribution in [0.4, 0.5) is 0 Å². The summed E-state index contributed by atoms with van der Waals surface area (Å²) in [7, 11) is -2.82. The molecule has 4 nitrogen and oxygen atoms in total. The fourth-order valence-corrected chi connectivity index (χ4v) is 2.80. The van der Waals surface area contributed by atoms with E-state index in [2.05, 4.69) is 4.98 Å². The number of rotatable bonds is 0. The van der Waals surface area contributed by atoms with Crippen molar-refractivity contribution in [1.29, 1.82) is 0 Å². The summed E-state index contributed by atoms with van der Waals surface area (Å²) in [6, 6.07) is 0. The summed E-state index contributed by atoms with van der Waals surface area (Å²) in [6.07, 6.45) is 2.33. The average molecular weight is 200 g/mol. The fourth-order valence-electron chi connectivity index (χ4n) is 1.62. The van der Waals surface area contributed by atoms with Gasteiger partial charge in [0.15, 0.2) is 9.84 Å². The lowest BCUT2D eigenvalue weighted by atomic mass is 10.3. The van der Waals surface area contributed by atoms with Crippen LogP contribution in [0.15, 0.2) is 6.33 Å². The molecule has 1 aromatic rings. The van der Waals surface area contributed by atoms with Gasteiger partial charge < -0.3 is 4.57 Å². The Morgan fingerprint density at radius 3 is 3.00 bits per heavy atom. The molecule has 0 saturated carbocycles. The van der Waals surface area contributed by atoms with Crippen molar-refractivity contribution in [1.82, 2.24) is 9.55 Å². The molecule has 0 atom stereocenters. The quantitative estimate of drug-likeness (QED) is 0.599. The van der Waals surface area contributed by atoms with E-state index in [4.69, 9.17) is 0 Å². The lowest BCUT2D eigenvalue weighted by Gasteiger charge is -2.00. The second kappa shape index (κ2) is 2.83. The molecule has 2 rings (SSSR count). The molecule has 0 aliphatic carbocycles. The molecule has 5 heteroatoms. The average Bonchev–Trinajstić information content (AvgIpc) is 2.32. The van der Waals surface area contributed by atoms with Crippen molar-refractivity contribution in [2.24, 2.45) is 0 Å². The smallest absolute Gasteiger partial charge is 0.152 e. The Hall–Kier alpha value is -0.840. The molecule has 0 amide bonds. The van der Waals surface area contributed by atoms with Crippen LogP contribution in [0.5, 0.6) is 0 Å². The maximum Gasteiger partial charge on any atom is 0.152 e. The molecule has 0 bridgehead atoms. The van der Waals surface area contributed by atoms with Gasteiger partial charge in [0.25, 0.3) is 0 Å². The zero-order valence-electron chi connectivity index (χ0n) is 7.52. The van der Waals surface area contributed by atoms with Gasteiger partial charge in [0.2, 0.25) is 0 Å². The third-order valence-electron chi connectivity index (χ3n) is 2.45. The number of aromatic nitrogens is 2. The van der Waals surface area contributed by atoms with Gasteiger partial charge in [0.1, 0.15) is 0 Å². The van der Waals surface area contributed by atoms with Gasteiger partial charge in [0, 0.05) is 18.7 Å². The monoisotopic (exact) mass is 200 g/mol. The molecule has 13 heavy (non-hydrogen) atoms. The van der Waals surface area contributed by atoms with Crippen molar-refractivity contribution < 1.29 is 8.42 Å². The van der Waals surface area contributed by atoms with Gasteiger partial charge in [0.05, 0.1) is 23.5 Å². The van der Waals surface area contributed by atoms with E-state index in [9.17, 15) is 8.42 Å². The summed E-state index contributed by atoms with van der Waals surface area (Å²) in [5.74, 6) is 0.509. The van der Waals surface area contributed by atoms with Crippen LogP contribution in [-0.2, 0) is 22.8 Å². The predicted molar refractivity (Wildman–Crippen MR) is 49.3 cm³/mol. The molecule has 0 unspecified atom stereocenters. The Labute approximate surface area is 77.5 Å². The Bertz CT molecular complexity index is 419. The summed E-state index contributed by atoms with van der Waals surface area (Å²) in [4.78, 5) is 4.16. The van der Waals surface area contributed by atoms with Crippen LogP contribution in [0.25, 0.3) is 0 Å². The SMILES string of the molecule is Cc1ncn2c1CCS(=O)(=O)CC2. The first-order valence-corrected chi connectivity index (χ1v) is 6.12. The van der Waals surface area contributed by atoms with E-state index in [-0.39, 0.29) is 11.5 Å². The first kappa shape index (κ1) is 8.74. The molecule has 0 N–H and O–H groups in total. The maximum atomic E-state index is 11.3. The summed E-state index contributed by atoms with van der Waals surface area (Å²) in [5, 5.41) is 0. The molecule has 2 heterocycles. The first-order chi connectivity index (χ1) is 6.08. The van der Waals surface area contributed by atoms with Crippen molar-refractivity contribution in [3.8, 4) is 0 Å². The second-order valence-electron chi connectivity index (χ2n) is 3.37. The molecule has 0 spiro atoms. The third kappa shape index (κ3) is 1.60. The summed E-state index contributed by atoms with van der Waals surface area (Å²) < 4.78 is 24.6. The summed E-state index contributed by atoms with van der Waals surface area (Å²) in [6.45, 7) is 2.47. The third-order valence-corrected chi connectivity index (χ3v) is 4.08. The summed E-state index contributed by atoms with van der Waals surface area (Å²) in [5.41, 5.74) is 2.03. The normalized spacial score (nSPS) is 20.7. The number of hydrogen-bond acceptors (Lipinski definition) is 3. The van der Waals surface area contributed by atoms with Crippen LogP contribution >= 0.6 is 0 Å². The topological polar surface area (TPSA) is 52.0 Å². The van der Waals surface area contributed by atoms with E-state index in [1.54, 1.807) is 6.33 Å².